The molecule has 1 aliphatic heterocycles. The summed E-state index contributed by atoms with van der Waals surface area (Å²) in [5.74, 6) is 0.593. The number of rotatable bonds is 4. The van der Waals surface area contributed by atoms with Crippen LogP contribution in [0.15, 0.2) is 59.6 Å². The van der Waals surface area contributed by atoms with Gasteiger partial charge in [-0.05, 0) is 59.5 Å². The number of carbonyl (C=O) groups is 1. The number of likely N-dealkylation sites (tertiary alicyclic amines) is 1. The van der Waals surface area contributed by atoms with Crippen LogP contribution in [-0.2, 0) is 0 Å². The summed E-state index contributed by atoms with van der Waals surface area (Å²) in [6.07, 6.45) is 5.43. The molecule has 0 unspecified atom stereocenters. The van der Waals surface area contributed by atoms with Gasteiger partial charge < -0.3 is 10.2 Å². The zero-order valence-corrected chi connectivity index (χ0v) is 14.4. The summed E-state index contributed by atoms with van der Waals surface area (Å²) in [6, 6.07) is 11.6. The number of benzene rings is 1. The van der Waals surface area contributed by atoms with Crippen molar-refractivity contribution in [3.63, 3.8) is 0 Å². The first-order chi connectivity index (χ1) is 12.3. The number of amides is 1. The molecule has 2 aromatic heterocycles. The normalized spacial score (nSPS) is 16.8. The van der Waals surface area contributed by atoms with E-state index in [4.69, 9.17) is 0 Å². The second-order valence-corrected chi connectivity index (χ2v) is 6.77. The van der Waals surface area contributed by atoms with Crippen molar-refractivity contribution in [3.8, 4) is 0 Å². The average molecular weight is 350 g/mol. The van der Waals surface area contributed by atoms with Crippen LogP contribution in [0.5, 0.6) is 0 Å². The molecule has 0 bridgehead atoms. The van der Waals surface area contributed by atoms with E-state index in [2.05, 4.69) is 32.1 Å². The quantitative estimate of drug-likeness (QED) is 0.764. The van der Waals surface area contributed by atoms with Crippen LogP contribution in [0, 0.1) is 0 Å². The molecule has 4 rings (SSSR count). The van der Waals surface area contributed by atoms with Gasteiger partial charge in [-0.15, -0.1) is 0 Å². The van der Waals surface area contributed by atoms with E-state index in [-0.39, 0.29) is 11.9 Å². The van der Waals surface area contributed by atoms with E-state index in [0.717, 1.165) is 25.1 Å². The number of anilines is 2. The molecule has 1 amide bonds. The number of carbonyl (C=O) groups excluding carboxylic acids is 1. The van der Waals surface area contributed by atoms with Gasteiger partial charge in [-0.2, -0.15) is 11.3 Å². The summed E-state index contributed by atoms with van der Waals surface area (Å²) in [6.45, 7) is 0.804. The minimum absolute atomic E-state index is 0.0753. The van der Waals surface area contributed by atoms with E-state index in [1.807, 2.05) is 29.2 Å². The molecular formula is C19H18N4OS. The molecule has 1 fully saturated rings. The van der Waals surface area contributed by atoms with Crippen molar-refractivity contribution in [2.75, 3.05) is 11.9 Å². The minimum Gasteiger partial charge on any atom is -0.332 e. The first kappa shape index (κ1) is 15.8. The molecule has 0 saturated carbocycles. The summed E-state index contributed by atoms with van der Waals surface area (Å²) in [5.41, 5.74) is 2.73. The van der Waals surface area contributed by atoms with Crippen LogP contribution in [0.1, 0.15) is 34.8 Å². The fourth-order valence-electron chi connectivity index (χ4n) is 3.21. The van der Waals surface area contributed by atoms with E-state index >= 15 is 0 Å². The van der Waals surface area contributed by atoms with Crippen molar-refractivity contribution >= 4 is 28.9 Å². The highest BCUT2D eigenvalue weighted by Gasteiger charge is 2.30. The molecule has 5 nitrogen and oxygen atoms in total. The van der Waals surface area contributed by atoms with Crippen molar-refractivity contribution < 1.29 is 4.79 Å². The molecule has 3 aromatic rings. The lowest BCUT2D eigenvalue weighted by Gasteiger charge is -2.24. The Morgan fingerprint density at radius 3 is 2.88 bits per heavy atom. The predicted molar refractivity (Wildman–Crippen MR) is 99.1 cm³/mol. The number of thiophene rings is 1. The molecule has 1 aliphatic rings. The highest BCUT2D eigenvalue weighted by atomic mass is 32.1. The van der Waals surface area contributed by atoms with E-state index in [1.54, 1.807) is 29.8 Å². The number of nitrogens with zero attached hydrogens (tertiary/aromatic N) is 3. The topological polar surface area (TPSA) is 58.1 Å². The molecule has 6 heteroatoms. The second-order valence-electron chi connectivity index (χ2n) is 5.99. The first-order valence-corrected chi connectivity index (χ1v) is 9.23. The lowest BCUT2D eigenvalue weighted by Crippen LogP contribution is -2.30. The van der Waals surface area contributed by atoms with Gasteiger partial charge in [-0.25, -0.2) is 9.97 Å². The van der Waals surface area contributed by atoms with Gasteiger partial charge in [-0.1, -0.05) is 6.07 Å². The van der Waals surface area contributed by atoms with Crippen LogP contribution in [0.25, 0.3) is 0 Å². The van der Waals surface area contributed by atoms with Gasteiger partial charge in [0.1, 0.15) is 0 Å². The third kappa shape index (κ3) is 3.39. The smallest absolute Gasteiger partial charge is 0.254 e. The van der Waals surface area contributed by atoms with Gasteiger partial charge in [0.25, 0.3) is 5.91 Å². The lowest BCUT2D eigenvalue weighted by molar-refractivity contribution is 0.0736. The van der Waals surface area contributed by atoms with E-state index < -0.39 is 0 Å². The van der Waals surface area contributed by atoms with Crippen LogP contribution in [-0.4, -0.2) is 27.3 Å². The molecule has 0 spiro atoms. The van der Waals surface area contributed by atoms with Crippen molar-refractivity contribution in [1.82, 2.24) is 14.9 Å². The second kappa shape index (κ2) is 7.03. The van der Waals surface area contributed by atoms with Gasteiger partial charge in [-0.3, -0.25) is 4.79 Å². The van der Waals surface area contributed by atoms with E-state index in [1.165, 1.54) is 5.56 Å². The number of hydrogen-bond donors (Lipinski definition) is 1. The summed E-state index contributed by atoms with van der Waals surface area (Å²) >= 11 is 1.68. The molecule has 3 heterocycles. The Labute approximate surface area is 150 Å². The lowest BCUT2D eigenvalue weighted by atomic mass is 10.1. The zero-order chi connectivity index (χ0) is 17.1. The van der Waals surface area contributed by atoms with Crippen LogP contribution in [0.3, 0.4) is 0 Å². The minimum atomic E-state index is 0.0753. The summed E-state index contributed by atoms with van der Waals surface area (Å²) in [5, 5.41) is 7.35. The van der Waals surface area contributed by atoms with Crippen LogP contribution in [0.4, 0.5) is 11.6 Å². The highest BCUT2D eigenvalue weighted by molar-refractivity contribution is 7.08. The molecule has 1 saturated heterocycles. The van der Waals surface area contributed by atoms with Gasteiger partial charge in [0, 0.05) is 30.2 Å². The molecule has 126 valence electrons. The molecule has 1 aromatic carbocycles. The highest BCUT2D eigenvalue weighted by Crippen LogP contribution is 2.34. The fraction of sp³-hybridized carbons (Fsp3) is 0.211. The molecular weight excluding hydrogens is 332 g/mol. The van der Waals surface area contributed by atoms with Gasteiger partial charge in [0.15, 0.2) is 0 Å². The van der Waals surface area contributed by atoms with Gasteiger partial charge in [0.2, 0.25) is 5.95 Å². The summed E-state index contributed by atoms with van der Waals surface area (Å²) in [7, 11) is 0. The summed E-state index contributed by atoms with van der Waals surface area (Å²) in [4.78, 5) is 23.3. The zero-order valence-electron chi connectivity index (χ0n) is 13.6. The van der Waals surface area contributed by atoms with E-state index in [0.29, 0.717) is 11.5 Å². The van der Waals surface area contributed by atoms with Gasteiger partial charge >= 0.3 is 0 Å². The number of nitrogens with one attached hydrogen (secondary N) is 1. The van der Waals surface area contributed by atoms with Gasteiger partial charge in [0.05, 0.1) is 6.04 Å². The fourth-order valence-corrected chi connectivity index (χ4v) is 3.92. The monoisotopic (exact) mass is 350 g/mol. The van der Waals surface area contributed by atoms with Crippen molar-refractivity contribution in [2.45, 2.75) is 18.9 Å². The van der Waals surface area contributed by atoms with Crippen molar-refractivity contribution in [2.24, 2.45) is 0 Å². The van der Waals surface area contributed by atoms with Crippen LogP contribution < -0.4 is 5.32 Å². The predicted octanol–water partition coefficient (Wildman–Crippen LogP) is 4.26. The Morgan fingerprint density at radius 1 is 1.20 bits per heavy atom. The van der Waals surface area contributed by atoms with Crippen molar-refractivity contribution in [3.05, 3.63) is 70.7 Å². The number of aromatic nitrogens is 2. The maximum Gasteiger partial charge on any atom is 0.254 e. The Hall–Kier alpha value is -2.73. The SMILES string of the molecule is O=C(c1cccc(Nc2ncccn2)c1)N1CCC[C@H]1c1ccsc1. The van der Waals surface area contributed by atoms with Crippen LogP contribution in [0.2, 0.25) is 0 Å². The average Bonchev–Trinajstić information content (AvgIpc) is 3.33. The molecule has 0 aliphatic carbocycles. The molecule has 1 atom stereocenters. The van der Waals surface area contributed by atoms with E-state index in [9.17, 15) is 4.79 Å². The maximum absolute atomic E-state index is 13.0. The summed E-state index contributed by atoms with van der Waals surface area (Å²) < 4.78 is 0. The first-order valence-electron chi connectivity index (χ1n) is 8.28. The van der Waals surface area contributed by atoms with Crippen LogP contribution >= 0.6 is 11.3 Å². The van der Waals surface area contributed by atoms with Crippen molar-refractivity contribution in [1.29, 1.82) is 0 Å². The third-order valence-electron chi connectivity index (χ3n) is 4.37. The molecule has 1 N–H and O–H groups in total. The Bertz CT molecular complexity index is 851. The number of hydrogen-bond acceptors (Lipinski definition) is 5. The Morgan fingerprint density at radius 2 is 2.08 bits per heavy atom. The Balaban J connectivity index is 1.55. The standard InChI is InChI=1S/C19H18N4OS/c24-18(23-10-2-6-17(23)15-7-11-25-13-15)14-4-1-5-16(12-14)22-19-20-8-3-9-21-19/h1,3-5,7-9,11-13,17H,2,6,10H2,(H,20,21,22)/t17-/m0/s1. The third-order valence-corrected chi connectivity index (χ3v) is 5.07. The Kier molecular flexibility index (Phi) is 4.43. The molecule has 0 radical (unpaired) electrons. The largest absolute Gasteiger partial charge is 0.332 e. The maximum atomic E-state index is 13.0. The molecule has 25 heavy (non-hydrogen) atoms.